The molecule has 0 fully saturated rings. The lowest BCUT2D eigenvalue weighted by atomic mass is 9.85. The Bertz CT molecular complexity index is 1020. The van der Waals surface area contributed by atoms with Crippen LogP contribution >= 0.6 is 0 Å². The van der Waals surface area contributed by atoms with Gasteiger partial charge in [0.15, 0.2) is 11.5 Å². The molecule has 3 aliphatic heterocycles. The number of methoxy groups -OCH3 is 2. The first kappa shape index (κ1) is 18.1. The van der Waals surface area contributed by atoms with Gasteiger partial charge in [-0.1, -0.05) is 6.07 Å². The highest BCUT2D eigenvalue weighted by molar-refractivity contribution is 5.96. The number of hydrogen-bond acceptors (Lipinski definition) is 7. The fourth-order valence-electron chi connectivity index (χ4n) is 4.76. The highest BCUT2D eigenvalue weighted by Gasteiger charge is 2.45. The van der Waals surface area contributed by atoms with E-state index in [4.69, 9.17) is 23.7 Å². The summed E-state index contributed by atoms with van der Waals surface area (Å²) in [6.07, 6.45) is 0.408. The van der Waals surface area contributed by atoms with E-state index in [-0.39, 0.29) is 18.8 Å². The Balaban J connectivity index is 1.68. The lowest BCUT2D eigenvalue weighted by Gasteiger charge is -2.38. The van der Waals surface area contributed by atoms with Crippen molar-refractivity contribution in [2.24, 2.45) is 0 Å². The van der Waals surface area contributed by atoms with Crippen LogP contribution in [0.25, 0.3) is 0 Å². The molecule has 0 saturated carbocycles. The second-order valence-corrected chi connectivity index (χ2v) is 7.57. The summed E-state index contributed by atoms with van der Waals surface area (Å²) >= 11 is 0. The van der Waals surface area contributed by atoms with Gasteiger partial charge in [0, 0.05) is 23.2 Å². The molecule has 0 radical (unpaired) electrons. The quantitative estimate of drug-likeness (QED) is 0.737. The fraction of sp³-hybridized carbons (Fsp3) is 0.409. The van der Waals surface area contributed by atoms with Crippen molar-refractivity contribution in [3.05, 3.63) is 46.0 Å². The van der Waals surface area contributed by atoms with Gasteiger partial charge in [0.05, 0.1) is 25.8 Å². The summed E-state index contributed by atoms with van der Waals surface area (Å²) in [6.45, 7) is 2.90. The summed E-state index contributed by atoms with van der Waals surface area (Å²) in [5, 5.41) is 0. The molecule has 0 bridgehead atoms. The summed E-state index contributed by atoms with van der Waals surface area (Å²) in [6, 6.07) is 5.65. The standard InChI is InChI=1S/C22H23NO6/c1-11-14(25-3)6-5-13-16(11)22(24)29-19(13)18-17-12(7-8-23(18)2)9-15-20(21(17)26-4)28-10-27-15/h5-6,9,18-19H,7-8,10H2,1-4H3/t18?,19-/m1/s1. The highest BCUT2D eigenvalue weighted by atomic mass is 16.7. The van der Waals surface area contributed by atoms with Gasteiger partial charge in [-0.25, -0.2) is 4.79 Å². The maximum Gasteiger partial charge on any atom is 0.339 e. The molecule has 0 aromatic heterocycles. The molecule has 29 heavy (non-hydrogen) atoms. The summed E-state index contributed by atoms with van der Waals surface area (Å²) in [4.78, 5) is 15.0. The topological polar surface area (TPSA) is 66.5 Å². The first-order valence-corrected chi connectivity index (χ1v) is 9.63. The average molecular weight is 397 g/mol. The van der Waals surface area contributed by atoms with Crippen LogP contribution < -0.4 is 18.9 Å². The van der Waals surface area contributed by atoms with E-state index in [0.717, 1.165) is 35.2 Å². The molecule has 3 heterocycles. The van der Waals surface area contributed by atoms with Crippen molar-refractivity contribution in [1.82, 2.24) is 4.90 Å². The maximum atomic E-state index is 12.8. The van der Waals surface area contributed by atoms with Crippen LogP contribution in [-0.4, -0.2) is 45.5 Å². The van der Waals surface area contributed by atoms with Crippen LogP contribution in [0.2, 0.25) is 0 Å². The van der Waals surface area contributed by atoms with Crippen LogP contribution in [0, 0.1) is 6.92 Å². The van der Waals surface area contributed by atoms with E-state index in [9.17, 15) is 4.79 Å². The molecule has 3 aliphatic rings. The van der Waals surface area contributed by atoms with Crippen molar-refractivity contribution in [3.63, 3.8) is 0 Å². The maximum absolute atomic E-state index is 12.8. The summed E-state index contributed by atoms with van der Waals surface area (Å²) in [7, 11) is 5.28. The molecule has 2 aromatic carbocycles. The molecule has 1 unspecified atom stereocenters. The molecule has 0 amide bonds. The minimum absolute atomic E-state index is 0.176. The number of cyclic esters (lactones) is 1. The Morgan fingerprint density at radius 2 is 2.00 bits per heavy atom. The van der Waals surface area contributed by atoms with Gasteiger partial charge < -0.3 is 23.7 Å². The van der Waals surface area contributed by atoms with Gasteiger partial charge in [0.2, 0.25) is 12.5 Å². The number of benzene rings is 2. The lowest BCUT2D eigenvalue weighted by molar-refractivity contribution is 0.00880. The number of esters is 1. The van der Waals surface area contributed by atoms with Gasteiger partial charge in [-0.15, -0.1) is 0 Å². The van der Waals surface area contributed by atoms with Crippen molar-refractivity contribution >= 4 is 5.97 Å². The van der Waals surface area contributed by atoms with E-state index in [1.165, 1.54) is 0 Å². The van der Waals surface area contributed by atoms with Crippen molar-refractivity contribution in [1.29, 1.82) is 0 Å². The fourth-order valence-corrected chi connectivity index (χ4v) is 4.76. The Morgan fingerprint density at radius 3 is 2.76 bits per heavy atom. The largest absolute Gasteiger partial charge is 0.496 e. The number of carbonyl (C=O) groups is 1. The number of nitrogens with zero attached hydrogens (tertiary/aromatic N) is 1. The monoisotopic (exact) mass is 397 g/mol. The van der Waals surface area contributed by atoms with Gasteiger partial charge in [-0.05, 0) is 38.1 Å². The molecular formula is C22H23NO6. The predicted molar refractivity (Wildman–Crippen MR) is 104 cm³/mol. The van der Waals surface area contributed by atoms with E-state index in [1.54, 1.807) is 14.2 Å². The molecular weight excluding hydrogens is 374 g/mol. The molecule has 2 atom stereocenters. The number of likely N-dealkylation sites (N-methyl/N-ethyl adjacent to an activating group) is 1. The smallest absolute Gasteiger partial charge is 0.339 e. The molecule has 152 valence electrons. The van der Waals surface area contributed by atoms with Crippen molar-refractivity contribution < 1.29 is 28.5 Å². The second-order valence-electron chi connectivity index (χ2n) is 7.57. The average Bonchev–Trinajstić information content (AvgIpc) is 3.31. The van der Waals surface area contributed by atoms with E-state index in [1.807, 2.05) is 32.2 Å². The number of fused-ring (bicyclic) bond motifs is 3. The molecule has 7 heteroatoms. The van der Waals surface area contributed by atoms with E-state index < -0.39 is 6.10 Å². The number of rotatable bonds is 3. The van der Waals surface area contributed by atoms with Crippen molar-refractivity contribution in [3.8, 4) is 23.0 Å². The molecule has 2 aromatic rings. The molecule has 7 nitrogen and oxygen atoms in total. The zero-order valence-corrected chi connectivity index (χ0v) is 16.9. The molecule has 0 spiro atoms. The van der Waals surface area contributed by atoms with Gasteiger partial charge >= 0.3 is 5.97 Å². The molecule has 0 aliphatic carbocycles. The molecule has 5 rings (SSSR count). The predicted octanol–water partition coefficient (Wildman–Crippen LogP) is 3.18. The summed E-state index contributed by atoms with van der Waals surface area (Å²) < 4.78 is 28.4. The number of ether oxygens (including phenoxy) is 5. The Hall–Kier alpha value is -2.93. The van der Waals surface area contributed by atoms with Crippen LogP contribution in [-0.2, 0) is 11.2 Å². The van der Waals surface area contributed by atoms with Crippen molar-refractivity contribution in [2.45, 2.75) is 25.5 Å². The summed E-state index contributed by atoms with van der Waals surface area (Å²) in [5.74, 6) is 2.33. The third kappa shape index (κ3) is 2.50. The van der Waals surface area contributed by atoms with E-state index in [2.05, 4.69) is 4.90 Å². The highest BCUT2D eigenvalue weighted by Crippen LogP contribution is 2.54. The van der Waals surface area contributed by atoms with Gasteiger partial charge in [0.1, 0.15) is 11.9 Å². The zero-order chi connectivity index (χ0) is 20.3. The Kier molecular flexibility index (Phi) is 4.10. The minimum atomic E-state index is -0.444. The van der Waals surface area contributed by atoms with Crippen LogP contribution in [0.5, 0.6) is 23.0 Å². The van der Waals surface area contributed by atoms with Crippen LogP contribution in [0.1, 0.15) is 44.8 Å². The van der Waals surface area contributed by atoms with Crippen LogP contribution in [0.15, 0.2) is 18.2 Å². The second kappa shape index (κ2) is 6.56. The first-order chi connectivity index (χ1) is 14.0. The first-order valence-electron chi connectivity index (χ1n) is 9.63. The van der Waals surface area contributed by atoms with Crippen LogP contribution in [0.3, 0.4) is 0 Å². The van der Waals surface area contributed by atoms with E-state index in [0.29, 0.717) is 28.6 Å². The number of hydrogen-bond donors (Lipinski definition) is 0. The molecule has 0 N–H and O–H groups in total. The normalized spacial score (nSPS) is 22.1. The van der Waals surface area contributed by atoms with E-state index >= 15 is 0 Å². The van der Waals surface area contributed by atoms with Crippen LogP contribution in [0.4, 0.5) is 0 Å². The zero-order valence-electron chi connectivity index (χ0n) is 16.9. The number of carbonyl (C=O) groups excluding carboxylic acids is 1. The van der Waals surface area contributed by atoms with Crippen molar-refractivity contribution in [2.75, 3.05) is 34.6 Å². The third-order valence-corrected chi connectivity index (χ3v) is 6.15. The molecule has 0 saturated heterocycles. The Labute approximate surface area is 169 Å². The van der Waals surface area contributed by atoms with Gasteiger partial charge in [-0.2, -0.15) is 0 Å². The third-order valence-electron chi connectivity index (χ3n) is 6.15. The summed E-state index contributed by atoms with van der Waals surface area (Å²) in [5.41, 5.74) is 4.38. The van der Waals surface area contributed by atoms with Gasteiger partial charge in [0.25, 0.3) is 0 Å². The lowest BCUT2D eigenvalue weighted by Crippen LogP contribution is -2.36. The SMILES string of the molecule is COc1ccc2c(c1C)C(=O)O[C@H]2C1c2c(cc3c(c2OC)OCO3)CCN1C. The minimum Gasteiger partial charge on any atom is -0.496 e. The Morgan fingerprint density at radius 1 is 1.17 bits per heavy atom. The van der Waals surface area contributed by atoms with Gasteiger partial charge in [-0.3, -0.25) is 4.90 Å².